The number of methoxy groups -OCH3 is 1. The molecule has 0 spiro atoms. The average Bonchev–Trinajstić information content (AvgIpc) is 2.42. The van der Waals surface area contributed by atoms with E-state index in [1.54, 1.807) is 25.1 Å². The van der Waals surface area contributed by atoms with Gasteiger partial charge in [-0.25, -0.2) is 8.42 Å². The molecule has 21 heavy (non-hydrogen) atoms. The number of aryl methyl sites for hydroxylation is 2. The first-order valence-corrected chi connectivity index (χ1v) is 7.72. The van der Waals surface area contributed by atoms with Gasteiger partial charge in [-0.2, -0.15) is 0 Å². The molecule has 0 atom stereocenters. The fraction of sp³-hybridized carbons (Fsp3) is 0.214. The van der Waals surface area contributed by atoms with Gasteiger partial charge in [-0.05, 0) is 44.2 Å². The third-order valence-corrected chi connectivity index (χ3v) is 4.33. The number of nitrogens with zero attached hydrogens (tertiary/aromatic N) is 1. The van der Waals surface area contributed by atoms with Gasteiger partial charge in [0.05, 0.1) is 18.5 Å². The lowest BCUT2D eigenvalue weighted by Gasteiger charge is -2.13. The van der Waals surface area contributed by atoms with Gasteiger partial charge in [0.15, 0.2) is 0 Å². The minimum atomic E-state index is -3.81. The molecule has 6 nitrogen and oxygen atoms in total. The van der Waals surface area contributed by atoms with Gasteiger partial charge in [-0.15, -0.1) is 0 Å². The van der Waals surface area contributed by atoms with Crippen molar-refractivity contribution in [3.63, 3.8) is 0 Å². The maximum Gasteiger partial charge on any atom is 0.265 e. The van der Waals surface area contributed by atoms with Crippen LogP contribution in [0, 0.1) is 13.8 Å². The molecule has 1 heterocycles. The van der Waals surface area contributed by atoms with E-state index < -0.39 is 10.0 Å². The van der Waals surface area contributed by atoms with Gasteiger partial charge in [-0.1, -0.05) is 0 Å². The number of nitrogen functional groups attached to an aromatic ring is 1. The zero-order chi connectivity index (χ0) is 15.6. The van der Waals surface area contributed by atoms with E-state index in [2.05, 4.69) is 9.71 Å². The number of rotatable bonds is 4. The predicted molar refractivity (Wildman–Crippen MR) is 81.9 cm³/mol. The Kier molecular flexibility index (Phi) is 4.04. The third kappa shape index (κ3) is 3.25. The van der Waals surface area contributed by atoms with Gasteiger partial charge in [0.2, 0.25) is 0 Å². The number of nitrogens with one attached hydrogen (secondary N) is 1. The highest BCUT2D eigenvalue weighted by atomic mass is 32.2. The number of aromatic nitrogens is 1. The lowest BCUT2D eigenvalue weighted by Crippen LogP contribution is -2.15. The zero-order valence-electron chi connectivity index (χ0n) is 12.0. The van der Waals surface area contributed by atoms with Gasteiger partial charge < -0.3 is 10.5 Å². The number of benzene rings is 1. The van der Waals surface area contributed by atoms with Crippen LogP contribution in [-0.4, -0.2) is 20.5 Å². The SMILES string of the molecule is COc1ccc(N)cc1S(=O)(=O)Nc1ccc(C)nc1C. The van der Waals surface area contributed by atoms with Crippen LogP contribution in [-0.2, 0) is 10.0 Å². The van der Waals surface area contributed by atoms with Gasteiger partial charge in [0, 0.05) is 11.4 Å². The molecule has 112 valence electrons. The summed E-state index contributed by atoms with van der Waals surface area (Å²) in [6.07, 6.45) is 0. The highest BCUT2D eigenvalue weighted by Gasteiger charge is 2.21. The van der Waals surface area contributed by atoms with Crippen molar-refractivity contribution in [3.8, 4) is 5.75 Å². The van der Waals surface area contributed by atoms with Crippen LogP contribution in [0.25, 0.3) is 0 Å². The summed E-state index contributed by atoms with van der Waals surface area (Å²) in [7, 11) is -2.40. The fourth-order valence-corrected chi connectivity index (χ4v) is 3.22. The van der Waals surface area contributed by atoms with Crippen molar-refractivity contribution in [2.24, 2.45) is 0 Å². The standard InChI is InChI=1S/C14H17N3O3S/c1-9-4-6-12(10(2)16-9)17-21(18,19)14-8-11(15)5-7-13(14)20-3/h4-8,17H,15H2,1-3H3. The van der Waals surface area contributed by atoms with E-state index in [0.717, 1.165) is 5.69 Å². The van der Waals surface area contributed by atoms with Crippen LogP contribution in [0.1, 0.15) is 11.4 Å². The van der Waals surface area contributed by atoms with Crippen molar-refractivity contribution < 1.29 is 13.2 Å². The molecule has 0 saturated carbocycles. The quantitative estimate of drug-likeness (QED) is 0.843. The van der Waals surface area contributed by atoms with E-state index in [9.17, 15) is 8.42 Å². The van der Waals surface area contributed by atoms with Crippen molar-refractivity contribution in [1.29, 1.82) is 0 Å². The van der Waals surface area contributed by atoms with Crippen molar-refractivity contribution >= 4 is 21.4 Å². The fourth-order valence-electron chi connectivity index (χ4n) is 1.90. The van der Waals surface area contributed by atoms with Crippen LogP contribution in [0.2, 0.25) is 0 Å². The van der Waals surface area contributed by atoms with Crippen LogP contribution in [0.3, 0.4) is 0 Å². The summed E-state index contributed by atoms with van der Waals surface area (Å²) < 4.78 is 32.6. The number of sulfonamides is 1. The molecule has 0 bridgehead atoms. The van der Waals surface area contributed by atoms with Crippen LogP contribution < -0.4 is 15.2 Å². The molecule has 7 heteroatoms. The molecule has 0 unspecified atom stereocenters. The lowest BCUT2D eigenvalue weighted by atomic mass is 10.3. The summed E-state index contributed by atoms with van der Waals surface area (Å²) in [6.45, 7) is 3.58. The first-order valence-electron chi connectivity index (χ1n) is 6.24. The van der Waals surface area contributed by atoms with E-state index in [4.69, 9.17) is 10.5 Å². The Morgan fingerprint density at radius 2 is 1.90 bits per heavy atom. The van der Waals surface area contributed by atoms with Gasteiger partial charge in [0.1, 0.15) is 10.6 Å². The Morgan fingerprint density at radius 1 is 1.19 bits per heavy atom. The Hall–Kier alpha value is -2.28. The molecular weight excluding hydrogens is 290 g/mol. The molecule has 0 aliphatic rings. The molecule has 0 aliphatic heterocycles. The molecule has 0 radical (unpaired) electrons. The minimum Gasteiger partial charge on any atom is -0.495 e. The number of pyridine rings is 1. The van der Waals surface area contributed by atoms with Gasteiger partial charge >= 0.3 is 0 Å². The van der Waals surface area contributed by atoms with Crippen molar-refractivity contribution in [2.45, 2.75) is 18.7 Å². The number of ether oxygens (including phenoxy) is 1. The molecule has 0 amide bonds. The van der Waals surface area contributed by atoms with Crippen molar-refractivity contribution in [3.05, 3.63) is 41.7 Å². The molecule has 3 N–H and O–H groups in total. The molecule has 2 rings (SSSR count). The van der Waals surface area contributed by atoms with E-state index in [1.165, 1.54) is 19.2 Å². The predicted octanol–water partition coefficient (Wildman–Crippen LogP) is 2.09. The Balaban J connectivity index is 2.45. The largest absolute Gasteiger partial charge is 0.495 e. The van der Waals surface area contributed by atoms with E-state index in [0.29, 0.717) is 17.1 Å². The zero-order valence-corrected chi connectivity index (χ0v) is 12.9. The average molecular weight is 307 g/mol. The van der Waals surface area contributed by atoms with Crippen LogP contribution in [0.4, 0.5) is 11.4 Å². The summed E-state index contributed by atoms with van der Waals surface area (Å²) in [5, 5.41) is 0. The first kappa shape index (κ1) is 15.1. The summed E-state index contributed by atoms with van der Waals surface area (Å²) in [5.74, 6) is 0.231. The van der Waals surface area contributed by atoms with Crippen molar-refractivity contribution in [1.82, 2.24) is 4.98 Å². The highest BCUT2D eigenvalue weighted by Crippen LogP contribution is 2.28. The molecule has 0 aliphatic carbocycles. The van der Waals surface area contributed by atoms with E-state index in [1.807, 2.05) is 6.92 Å². The smallest absolute Gasteiger partial charge is 0.265 e. The second-order valence-electron chi connectivity index (χ2n) is 4.60. The summed E-state index contributed by atoms with van der Waals surface area (Å²) in [5.41, 5.74) is 7.84. The van der Waals surface area contributed by atoms with Crippen LogP contribution in [0.15, 0.2) is 35.2 Å². The van der Waals surface area contributed by atoms with Gasteiger partial charge in [0.25, 0.3) is 10.0 Å². The van der Waals surface area contributed by atoms with Crippen LogP contribution >= 0.6 is 0 Å². The Morgan fingerprint density at radius 3 is 2.52 bits per heavy atom. The summed E-state index contributed by atoms with van der Waals surface area (Å²) in [4.78, 5) is 4.22. The number of nitrogens with two attached hydrogens (primary N) is 1. The first-order chi connectivity index (χ1) is 9.83. The molecule has 0 fully saturated rings. The molecule has 1 aromatic heterocycles. The second kappa shape index (κ2) is 5.61. The van der Waals surface area contributed by atoms with E-state index >= 15 is 0 Å². The lowest BCUT2D eigenvalue weighted by molar-refractivity contribution is 0.403. The summed E-state index contributed by atoms with van der Waals surface area (Å²) >= 11 is 0. The maximum atomic E-state index is 12.5. The second-order valence-corrected chi connectivity index (χ2v) is 6.25. The normalized spacial score (nSPS) is 11.2. The number of anilines is 2. The summed E-state index contributed by atoms with van der Waals surface area (Å²) in [6, 6.07) is 7.87. The topological polar surface area (TPSA) is 94.3 Å². The minimum absolute atomic E-state index is 0.00928. The molecule has 1 aromatic carbocycles. The van der Waals surface area contributed by atoms with Crippen LogP contribution in [0.5, 0.6) is 5.75 Å². The van der Waals surface area contributed by atoms with E-state index in [-0.39, 0.29) is 10.6 Å². The number of hydrogen-bond acceptors (Lipinski definition) is 5. The highest BCUT2D eigenvalue weighted by molar-refractivity contribution is 7.92. The monoisotopic (exact) mass is 307 g/mol. The Bertz CT molecular complexity index is 773. The van der Waals surface area contributed by atoms with Crippen molar-refractivity contribution in [2.75, 3.05) is 17.6 Å². The molecule has 0 saturated heterocycles. The van der Waals surface area contributed by atoms with Gasteiger partial charge in [-0.3, -0.25) is 9.71 Å². The maximum absolute atomic E-state index is 12.5. The molecule has 2 aromatic rings. The number of hydrogen-bond donors (Lipinski definition) is 2. The Labute approximate surface area is 124 Å². The molecular formula is C14H17N3O3S. The third-order valence-electron chi connectivity index (χ3n) is 2.95.